The number of methoxy groups -OCH3 is 1. The Hall–Kier alpha value is -1.83. The van der Waals surface area contributed by atoms with Gasteiger partial charge < -0.3 is 9.84 Å². The third-order valence-electron chi connectivity index (χ3n) is 3.42. The Morgan fingerprint density at radius 2 is 1.90 bits per heavy atom. The molecule has 4 heteroatoms. The van der Waals surface area contributed by atoms with Crippen LogP contribution >= 0.6 is 15.9 Å². The number of nitrogens with zero attached hydrogens (tertiary/aromatic N) is 1. The summed E-state index contributed by atoms with van der Waals surface area (Å²) in [7, 11) is 1.62. The van der Waals surface area contributed by atoms with Gasteiger partial charge in [0, 0.05) is 10.9 Å². The molecule has 0 heterocycles. The summed E-state index contributed by atoms with van der Waals surface area (Å²) in [5.41, 5.74) is 1.29. The lowest BCUT2D eigenvalue weighted by atomic mass is 9.88. The Morgan fingerprint density at radius 3 is 2.48 bits per heavy atom. The van der Waals surface area contributed by atoms with E-state index in [0.29, 0.717) is 12.0 Å². The lowest BCUT2D eigenvalue weighted by molar-refractivity contribution is 0.0574. The maximum Gasteiger partial charge on any atom is 0.119 e. The molecule has 3 nitrogen and oxygen atoms in total. The number of hydrogen-bond donors (Lipinski definition) is 1. The molecule has 1 unspecified atom stereocenters. The molecule has 2 rings (SSSR count). The molecule has 0 fully saturated rings. The maximum absolute atomic E-state index is 10.7. The molecule has 0 amide bonds. The van der Waals surface area contributed by atoms with Crippen LogP contribution in [0.4, 0.5) is 0 Å². The molecule has 2 aromatic carbocycles. The van der Waals surface area contributed by atoms with Crippen LogP contribution in [0.3, 0.4) is 0 Å². The van der Waals surface area contributed by atoms with Crippen molar-refractivity contribution in [3.63, 3.8) is 0 Å². The first-order valence-electron chi connectivity index (χ1n) is 6.52. The second kappa shape index (κ2) is 6.30. The molecule has 0 aliphatic rings. The molecule has 0 spiro atoms. The molecular formula is C17H16BrNO2. The van der Waals surface area contributed by atoms with Crippen LogP contribution < -0.4 is 4.74 Å². The highest BCUT2D eigenvalue weighted by Crippen LogP contribution is 2.31. The van der Waals surface area contributed by atoms with E-state index in [1.165, 1.54) is 0 Å². The zero-order chi connectivity index (χ0) is 15.5. The Morgan fingerprint density at radius 1 is 1.24 bits per heavy atom. The average Bonchev–Trinajstić information content (AvgIpc) is 2.49. The minimum absolute atomic E-state index is 0.441. The van der Waals surface area contributed by atoms with Gasteiger partial charge in [0.25, 0.3) is 0 Å². The number of nitriles is 1. The summed E-state index contributed by atoms with van der Waals surface area (Å²) in [6.45, 7) is 1.76. The van der Waals surface area contributed by atoms with Crippen LogP contribution in [-0.2, 0) is 12.0 Å². The van der Waals surface area contributed by atoms with Crippen molar-refractivity contribution in [2.24, 2.45) is 0 Å². The largest absolute Gasteiger partial charge is 0.497 e. The topological polar surface area (TPSA) is 53.2 Å². The van der Waals surface area contributed by atoms with Gasteiger partial charge in [-0.3, -0.25) is 0 Å². The molecule has 2 aromatic rings. The van der Waals surface area contributed by atoms with Crippen molar-refractivity contribution in [1.29, 1.82) is 5.26 Å². The Kier molecular flexibility index (Phi) is 4.66. The number of ether oxygens (including phenoxy) is 1. The molecule has 0 saturated carbocycles. The predicted molar refractivity (Wildman–Crippen MR) is 85.1 cm³/mol. The van der Waals surface area contributed by atoms with Gasteiger partial charge in [0.1, 0.15) is 5.75 Å². The van der Waals surface area contributed by atoms with Crippen LogP contribution in [0.5, 0.6) is 5.75 Å². The monoisotopic (exact) mass is 345 g/mol. The van der Waals surface area contributed by atoms with Crippen LogP contribution in [0.2, 0.25) is 0 Å². The summed E-state index contributed by atoms with van der Waals surface area (Å²) >= 11 is 3.50. The minimum atomic E-state index is -1.02. The molecule has 108 valence electrons. The van der Waals surface area contributed by atoms with Crippen molar-refractivity contribution in [3.8, 4) is 11.8 Å². The highest BCUT2D eigenvalue weighted by molar-refractivity contribution is 9.10. The SMILES string of the molecule is COc1ccc(Br)c(CC(C)(O)c2ccc(C#N)cc2)c1. The van der Waals surface area contributed by atoms with Gasteiger partial charge >= 0.3 is 0 Å². The van der Waals surface area contributed by atoms with Crippen molar-refractivity contribution < 1.29 is 9.84 Å². The Bertz CT molecular complexity index is 672. The van der Waals surface area contributed by atoms with Crippen LogP contribution in [0.15, 0.2) is 46.9 Å². The number of benzene rings is 2. The number of hydrogen-bond acceptors (Lipinski definition) is 3. The maximum atomic E-state index is 10.7. The lowest BCUT2D eigenvalue weighted by Crippen LogP contribution is -2.24. The second-order valence-electron chi connectivity index (χ2n) is 5.10. The normalized spacial score (nSPS) is 13.3. The number of halogens is 1. The molecule has 21 heavy (non-hydrogen) atoms. The first kappa shape index (κ1) is 15.6. The molecule has 1 N–H and O–H groups in total. The number of rotatable bonds is 4. The van der Waals surface area contributed by atoms with Gasteiger partial charge in [0.05, 0.1) is 24.3 Å². The standard InChI is InChI=1S/C17H16BrNO2/c1-17(20,14-5-3-12(11-19)4-6-14)10-13-9-15(21-2)7-8-16(13)18/h3-9,20H,10H2,1-2H3. The fraction of sp³-hybridized carbons (Fsp3) is 0.235. The lowest BCUT2D eigenvalue weighted by Gasteiger charge is -2.25. The molecule has 1 atom stereocenters. The molecule has 0 radical (unpaired) electrons. The highest BCUT2D eigenvalue weighted by atomic mass is 79.9. The summed E-state index contributed by atoms with van der Waals surface area (Å²) in [6.07, 6.45) is 0.441. The van der Waals surface area contributed by atoms with E-state index in [2.05, 4.69) is 22.0 Å². The van der Waals surface area contributed by atoms with E-state index in [9.17, 15) is 5.11 Å². The molecular weight excluding hydrogens is 330 g/mol. The van der Waals surface area contributed by atoms with E-state index in [1.807, 2.05) is 18.2 Å². The summed E-state index contributed by atoms with van der Waals surface area (Å²) < 4.78 is 6.15. The van der Waals surface area contributed by atoms with Gasteiger partial charge in [-0.2, -0.15) is 5.26 Å². The summed E-state index contributed by atoms with van der Waals surface area (Å²) in [5, 5.41) is 19.6. The van der Waals surface area contributed by atoms with Gasteiger partial charge in [0.2, 0.25) is 0 Å². The highest BCUT2D eigenvalue weighted by Gasteiger charge is 2.24. The van der Waals surface area contributed by atoms with E-state index in [4.69, 9.17) is 10.00 Å². The first-order valence-corrected chi connectivity index (χ1v) is 7.31. The van der Waals surface area contributed by atoms with E-state index in [-0.39, 0.29) is 0 Å². The van der Waals surface area contributed by atoms with E-state index in [1.54, 1.807) is 38.3 Å². The van der Waals surface area contributed by atoms with Gasteiger partial charge in [-0.05, 0) is 48.4 Å². The molecule has 0 aliphatic carbocycles. The van der Waals surface area contributed by atoms with Gasteiger partial charge in [-0.25, -0.2) is 0 Å². The van der Waals surface area contributed by atoms with E-state index in [0.717, 1.165) is 21.3 Å². The van der Waals surface area contributed by atoms with E-state index >= 15 is 0 Å². The zero-order valence-electron chi connectivity index (χ0n) is 11.9. The summed E-state index contributed by atoms with van der Waals surface area (Å²) in [5.74, 6) is 0.754. The van der Waals surface area contributed by atoms with Gasteiger partial charge in [-0.15, -0.1) is 0 Å². The van der Waals surface area contributed by atoms with E-state index < -0.39 is 5.60 Å². The molecule has 0 bridgehead atoms. The summed E-state index contributed by atoms with van der Waals surface area (Å²) in [4.78, 5) is 0. The fourth-order valence-electron chi connectivity index (χ4n) is 2.19. The average molecular weight is 346 g/mol. The molecule has 0 aromatic heterocycles. The first-order chi connectivity index (χ1) is 9.96. The zero-order valence-corrected chi connectivity index (χ0v) is 13.5. The smallest absolute Gasteiger partial charge is 0.119 e. The minimum Gasteiger partial charge on any atom is -0.497 e. The number of aliphatic hydroxyl groups is 1. The van der Waals surface area contributed by atoms with Crippen molar-refractivity contribution in [1.82, 2.24) is 0 Å². The van der Waals surface area contributed by atoms with Crippen LogP contribution in [0.25, 0.3) is 0 Å². The van der Waals surface area contributed by atoms with Crippen LogP contribution in [-0.4, -0.2) is 12.2 Å². The van der Waals surface area contributed by atoms with Crippen molar-refractivity contribution >= 4 is 15.9 Å². The van der Waals surface area contributed by atoms with Crippen LogP contribution in [0.1, 0.15) is 23.6 Å². The Balaban J connectivity index is 2.29. The van der Waals surface area contributed by atoms with Crippen LogP contribution in [0, 0.1) is 11.3 Å². The predicted octanol–water partition coefficient (Wildman–Crippen LogP) is 3.78. The third-order valence-corrected chi connectivity index (χ3v) is 4.20. The van der Waals surface area contributed by atoms with Gasteiger partial charge in [-0.1, -0.05) is 28.1 Å². The fourth-order valence-corrected chi connectivity index (χ4v) is 2.58. The van der Waals surface area contributed by atoms with Crippen molar-refractivity contribution in [2.75, 3.05) is 7.11 Å². The second-order valence-corrected chi connectivity index (χ2v) is 5.95. The molecule has 0 aliphatic heterocycles. The third kappa shape index (κ3) is 3.63. The van der Waals surface area contributed by atoms with Gasteiger partial charge in [0.15, 0.2) is 0 Å². The van der Waals surface area contributed by atoms with Crippen molar-refractivity contribution in [3.05, 3.63) is 63.6 Å². The quantitative estimate of drug-likeness (QED) is 0.917. The molecule has 0 saturated heterocycles. The summed E-state index contributed by atoms with van der Waals surface area (Å²) in [6, 6.07) is 14.7. The van der Waals surface area contributed by atoms with Crippen molar-refractivity contribution in [2.45, 2.75) is 18.9 Å². The Labute approximate surface area is 132 Å².